The summed E-state index contributed by atoms with van der Waals surface area (Å²) in [6.45, 7) is 4.84. The predicted molar refractivity (Wildman–Crippen MR) is 264 cm³/mol. The molecule has 6 nitrogen and oxygen atoms in total. The fourth-order valence-electron chi connectivity index (χ4n) is 8.27. The monoisotopic (exact) mass is 860 g/mol. The lowest BCUT2D eigenvalue weighted by molar-refractivity contribution is -0.143. The van der Waals surface area contributed by atoms with Gasteiger partial charge in [-0.15, -0.1) is 0 Å². The van der Waals surface area contributed by atoms with Gasteiger partial charge in [0.1, 0.15) is 0 Å². The van der Waals surface area contributed by atoms with Crippen molar-refractivity contribution in [2.75, 3.05) is 13.2 Å². The molecule has 0 fully saturated rings. The average Bonchev–Trinajstić information content (AvgIpc) is 3.26. The Balaban J connectivity index is 3.52. The van der Waals surface area contributed by atoms with Crippen molar-refractivity contribution < 1.29 is 24.5 Å². The first-order valence-electron chi connectivity index (χ1n) is 27.1. The third-order valence-electron chi connectivity index (χ3n) is 12.5. The van der Waals surface area contributed by atoms with Gasteiger partial charge in [0.25, 0.3) is 0 Å². The Morgan fingerprint density at radius 1 is 0.443 bits per heavy atom. The normalized spacial score (nSPS) is 12.8. The number of hydrogen-bond donors (Lipinski definition) is 3. The van der Waals surface area contributed by atoms with Crippen LogP contribution in [0.4, 0.5) is 0 Å². The number of carbonyl (C=O) groups excluding carboxylic acids is 2. The van der Waals surface area contributed by atoms with Crippen molar-refractivity contribution in [3.8, 4) is 0 Å². The number of amides is 1. The van der Waals surface area contributed by atoms with Gasteiger partial charge in [-0.25, -0.2) is 0 Å². The van der Waals surface area contributed by atoms with Gasteiger partial charge < -0.3 is 20.3 Å². The van der Waals surface area contributed by atoms with Gasteiger partial charge in [-0.05, 0) is 57.8 Å². The number of carbonyl (C=O) groups is 2. The Kier molecular flexibility index (Phi) is 49.6. The van der Waals surface area contributed by atoms with Crippen LogP contribution in [0.1, 0.15) is 290 Å². The Morgan fingerprint density at radius 2 is 0.770 bits per heavy atom. The Bertz CT molecular complexity index is 951. The van der Waals surface area contributed by atoms with Gasteiger partial charge in [-0.2, -0.15) is 0 Å². The largest absolute Gasteiger partial charge is 0.466 e. The molecule has 0 saturated heterocycles. The number of ether oxygens (including phenoxy) is 1. The number of nitrogens with one attached hydrogen (secondary N) is 1. The number of unbranched alkanes of at least 4 members (excludes halogenated alkanes) is 37. The molecule has 360 valence electrons. The van der Waals surface area contributed by atoms with Crippen molar-refractivity contribution in [2.45, 2.75) is 302 Å². The molecule has 0 radical (unpaired) electrons. The van der Waals surface area contributed by atoms with Crippen LogP contribution in [0.25, 0.3) is 0 Å². The lowest BCUT2D eigenvalue weighted by Gasteiger charge is -2.20. The molecule has 0 heterocycles. The van der Waals surface area contributed by atoms with Gasteiger partial charge in [-0.1, -0.05) is 244 Å². The maximum absolute atomic E-state index is 12.4. The third kappa shape index (κ3) is 47.7. The quantitative estimate of drug-likeness (QED) is 0.0322. The first-order valence-corrected chi connectivity index (χ1v) is 27.1. The first kappa shape index (κ1) is 59.3. The van der Waals surface area contributed by atoms with Gasteiger partial charge in [0, 0.05) is 12.8 Å². The molecule has 2 unspecified atom stereocenters. The molecular weight excluding hydrogens is 755 g/mol. The van der Waals surface area contributed by atoms with Gasteiger partial charge >= 0.3 is 5.97 Å². The second kappa shape index (κ2) is 51.0. The highest BCUT2D eigenvalue weighted by atomic mass is 16.5. The zero-order chi connectivity index (χ0) is 44.4. The molecule has 0 aliphatic carbocycles. The summed E-state index contributed by atoms with van der Waals surface area (Å²) in [5.74, 6) is -0.125. The second-order valence-electron chi connectivity index (χ2n) is 18.6. The molecule has 61 heavy (non-hydrogen) atoms. The molecule has 0 saturated carbocycles. The lowest BCUT2D eigenvalue weighted by atomic mass is 10.0. The highest BCUT2D eigenvalue weighted by molar-refractivity contribution is 5.76. The molecule has 0 bridgehead atoms. The molecule has 2 atom stereocenters. The zero-order valence-electron chi connectivity index (χ0n) is 40.9. The second-order valence-corrected chi connectivity index (χ2v) is 18.6. The third-order valence-corrected chi connectivity index (χ3v) is 12.5. The fraction of sp³-hybridized carbons (Fsp3) is 0.891. The lowest BCUT2D eigenvalue weighted by Crippen LogP contribution is -2.45. The fourth-order valence-corrected chi connectivity index (χ4v) is 8.27. The van der Waals surface area contributed by atoms with E-state index in [1.54, 1.807) is 6.08 Å². The summed E-state index contributed by atoms with van der Waals surface area (Å²) in [4.78, 5) is 24.5. The first-order chi connectivity index (χ1) is 30.0. The van der Waals surface area contributed by atoms with Crippen molar-refractivity contribution in [3.63, 3.8) is 0 Å². The predicted octanol–water partition coefficient (Wildman–Crippen LogP) is 16.3. The highest BCUT2D eigenvalue weighted by Gasteiger charge is 2.18. The summed E-state index contributed by atoms with van der Waals surface area (Å²) < 4.78 is 5.45. The van der Waals surface area contributed by atoms with Crippen LogP contribution in [0.15, 0.2) is 24.3 Å². The van der Waals surface area contributed by atoms with Crippen LogP contribution in [-0.4, -0.2) is 47.4 Å². The molecule has 0 rings (SSSR count). The van der Waals surface area contributed by atoms with Crippen LogP contribution in [0.2, 0.25) is 0 Å². The van der Waals surface area contributed by atoms with Gasteiger partial charge in [0.05, 0.1) is 25.4 Å². The molecule has 1 amide bonds. The van der Waals surface area contributed by atoms with Crippen LogP contribution in [-0.2, 0) is 14.3 Å². The maximum Gasteiger partial charge on any atom is 0.305 e. The molecule has 0 aliphatic rings. The average molecular weight is 860 g/mol. The molecule has 0 spiro atoms. The molecule has 0 aromatic rings. The molecule has 0 aliphatic heterocycles. The van der Waals surface area contributed by atoms with Crippen LogP contribution in [0.3, 0.4) is 0 Å². The van der Waals surface area contributed by atoms with E-state index in [0.29, 0.717) is 19.4 Å². The van der Waals surface area contributed by atoms with Crippen molar-refractivity contribution in [3.05, 3.63) is 24.3 Å². The minimum Gasteiger partial charge on any atom is -0.466 e. The van der Waals surface area contributed by atoms with Crippen LogP contribution in [0, 0.1) is 0 Å². The summed E-state index contributed by atoms with van der Waals surface area (Å²) in [5.41, 5.74) is 0. The summed E-state index contributed by atoms with van der Waals surface area (Å²) in [5, 5.41) is 23.1. The summed E-state index contributed by atoms with van der Waals surface area (Å²) >= 11 is 0. The van der Waals surface area contributed by atoms with E-state index >= 15 is 0 Å². The minimum atomic E-state index is -0.862. The van der Waals surface area contributed by atoms with E-state index in [1.807, 2.05) is 6.08 Å². The van der Waals surface area contributed by atoms with Crippen molar-refractivity contribution in [2.24, 2.45) is 0 Å². The molecular formula is C55H105NO5. The van der Waals surface area contributed by atoms with Crippen LogP contribution < -0.4 is 5.32 Å². The van der Waals surface area contributed by atoms with E-state index < -0.39 is 12.1 Å². The van der Waals surface area contributed by atoms with Gasteiger partial charge in [0.2, 0.25) is 5.91 Å². The Morgan fingerprint density at radius 3 is 1.16 bits per heavy atom. The molecule has 0 aromatic carbocycles. The van der Waals surface area contributed by atoms with Crippen molar-refractivity contribution in [1.29, 1.82) is 0 Å². The number of aliphatic hydroxyl groups excluding tert-OH is 2. The van der Waals surface area contributed by atoms with E-state index in [2.05, 4.69) is 31.3 Å². The number of esters is 1. The van der Waals surface area contributed by atoms with Gasteiger partial charge in [-0.3, -0.25) is 9.59 Å². The molecule has 6 heteroatoms. The number of hydrogen-bond acceptors (Lipinski definition) is 5. The summed E-state index contributed by atoms with van der Waals surface area (Å²) in [6, 6.07) is -0.648. The van der Waals surface area contributed by atoms with E-state index in [-0.39, 0.29) is 18.5 Å². The Labute approximate surface area is 380 Å². The number of aliphatic hydroxyl groups is 2. The summed E-state index contributed by atoms with van der Waals surface area (Å²) in [6.07, 6.45) is 60.4. The topological polar surface area (TPSA) is 95.9 Å². The Hall–Kier alpha value is -1.66. The van der Waals surface area contributed by atoms with Crippen LogP contribution >= 0.6 is 0 Å². The molecule has 0 aromatic heterocycles. The zero-order valence-corrected chi connectivity index (χ0v) is 40.9. The van der Waals surface area contributed by atoms with Crippen molar-refractivity contribution >= 4 is 11.9 Å². The van der Waals surface area contributed by atoms with E-state index in [0.717, 1.165) is 83.5 Å². The maximum atomic E-state index is 12.4. The summed E-state index contributed by atoms with van der Waals surface area (Å²) in [7, 11) is 0. The van der Waals surface area contributed by atoms with Crippen molar-refractivity contribution in [1.82, 2.24) is 5.32 Å². The number of rotatable bonds is 50. The molecule has 3 N–H and O–H groups in total. The van der Waals surface area contributed by atoms with Gasteiger partial charge in [0.15, 0.2) is 0 Å². The van der Waals surface area contributed by atoms with Crippen LogP contribution in [0.5, 0.6) is 0 Å². The minimum absolute atomic E-state index is 0.0291. The SMILES string of the molecule is CCCCCCCCCCCCCCCC/C=C/C(O)C(CO)NC(=O)CCCCCCC/C=C\CCCCOC(=O)CCCCCCCCCCCCCCCCCCC. The van der Waals surface area contributed by atoms with E-state index in [4.69, 9.17) is 4.74 Å². The highest BCUT2D eigenvalue weighted by Crippen LogP contribution is 2.16. The standard InChI is InChI=1S/C55H105NO5/c1-3-5-7-9-11-13-15-17-19-21-23-25-29-33-37-41-45-49-55(60)61-50-46-42-38-34-30-26-28-32-36-40-44-48-54(59)56-52(51-57)53(58)47-43-39-35-31-27-24-22-20-18-16-14-12-10-8-6-4-2/h30,34,43,47,52-53,57-58H,3-29,31-33,35-42,44-46,48-51H2,1-2H3,(H,56,59)/b34-30-,47-43+. The van der Waals surface area contributed by atoms with E-state index in [1.165, 1.54) is 180 Å². The van der Waals surface area contributed by atoms with E-state index in [9.17, 15) is 19.8 Å². The smallest absolute Gasteiger partial charge is 0.305 e. The number of allylic oxidation sites excluding steroid dienone is 3.